The minimum atomic E-state index is -2.90. The number of fused-ring (bicyclic) bond motifs is 1. The Hall–Kier alpha value is -2.69. The molecule has 11 heteroatoms. The molecular formula is C14H16FN3O7. The van der Waals surface area contributed by atoms with Gasteiger partial charge in [0.15, 0.2) is 18.9 Å². The van der Waals surface area contributed by atoms with Gasteiger partial charge in [0, 0.05) is 6.20 Å². The predicted octanol–water partition coefficient (Wildman–Crippen LogP) is 0.123. The highest BCUT2D eigenvalue weighted by atomic mass is 19.2. The third-order valence-corrected chi connectivity index (χ3v) is 3.61. The van der Waals surface area contributed by atoms with Crippen LogP contribution in [-0.2, 0) is 23.7 Å². The molecule has 2 aliphatic heterocycles. The van der Waals surface area contributed by atoms with E-state index >= 15 is 4.39 Å². The van der Waals surface area contributed by atoms with Crippen molar-refractivity contribution in [1.82, 2.24) is 9.55 Å². The molecule has 2 aliphatic rings. The second-order valence-electron chi connectivity index (χ2n) is 5.82. The van der Waals surface area contributed by atoms with E-state index in [1.54, 1.807) is 13.8 Å². The van der Waals surface area contributed by atoms with Crippen LogP contribution in [0.1, 0.15) is 21.4 Å². The SMILES string of the molecule is [2H][C@@]1(n2ccc(N)nc2=O)O[C@](F)(COC(=O)C(C)C)[C@H]2OC(=O)O[C@H]21. The second kappa shape index (κ2) is 5.99. The lowest BCUT2D eigenvalue weighted by Crippen LogP contribution is -2.43. The number of carbonyl (C=O) groups excluding carboxylic acids is 2. The van der Waals surface area contributed by atoms with E-state index in [1.165, 1.54) is 6.07 Å². The number of nitrogens with two attached hydrogens (primary N) is 1. The lowest BCUT2D eigenvalue weighted by molar-refractivity contribution is -0.220. The molecule has 25 heavy (non-hydrogen) atoms. The van der Waals surface area contributed by atoms with Crippen LogP contribution in [0, 0.1) is 5.92 Å². The molecular weight excluding hydrogens is 341 g/mol. The lowest BCUT2D eigenvalue weighted by Gasteiger charge is -2.23. The van der Waals surface area contributed by atoms with Gasteiger partial charge in [0.05, 0.1) is 7.29 Å². The topological polar surface area (TPSA) is 132 Å². The summed E-state index contributed by atoms with van der Waals surface area (Å²) in [5.41, 5.74) is 4.37. The molecule has 3 heterocycles. The van der Waals surface area contributed by atoms with Crippen LogP contribution >= 0.6 is 0 Å². The Kier molecular flexibility index (Phi) is 3.79. The van der Waals surface area contributed by atoms with E-state index in [-0.39, 0.29) is 5.82 Å². The zero-order valence-electron chi connectivity index (χ0n) is 14.3. The largest absolute Gasteiger partial charge is 0.509 e. The summed E-state index contributed by atoms with van der Waals surface area (Å²) in [6, 6.07) is 1.19. The Bertz CT molecular complexity index is 818. The third kappa shape index (κ3) is 3.02. The zero-order chi connectivity index (χ0) is 19.3. The average molecular weight is 358 g/mol. The van der Waals surface area contributed by atoms with Gasteiger partial charge in [-0.2, -0.15) is 4.98 Å². The number of alkyl halides is 1. The first-order valence-corrected chi connectivity index (χ1v) is 7.35. The van der Waals surface area contributed by atoms with Gasteiger partial charge in [-0.05, 0) is 6.07 Å². The summed E-state index contributed by atoms with van der Waals surface area (Å²) in [7, 11) is 0. The van der Waals surface area contributed by atoms with E-state index in [0.29, 0.717) is 4.57 Å². The number of rotatable bonds is 4. The minimum absolute atomic E-state index is 0.124. The van der Waals surface area contributed by atoms with Gasteiger partial charge >= 0.3 is 17.8 Å². The molecule has 1 aromatic rings. The van der Waals surface area contributed by atoms with Crippen molar-refractivity contribution in [2.24, 2.45) is 5.92 Å². The van der Waals surface area contributed by atoms with Crippen LogP contribution in [0.3, 0.4) is 0 Å². The summed E-state index contributed by atoms with van der Waals surface area (Å²) in [6.45, 7) is 2.12. The fourth-order valence-corrected chi connectivity index (χ4v) is 2.36. The smallest absolute Gasteiger partial charge is 0.459 e. The molecule has 4 atom stereocenters. The van der Waals surface area contributed by atoms with Crippen LogP contribution in [0.2, 0.25) is 0 Å². The van der Waals surface area contributed by atoms with Crippen molar-refractivity contribution < 1.29 is 34.3 Å². The van der Waals surface area contributed by atoms with Crippen molar-refractivity contribution in [3.63, 3.8) is 0 Å². The number of aromatic nitrogens is 2. The van der Waals surface area contributed by atoms with E-state index in [0.717, 1.165) is 6.20 Å². The Balaban J connectivity index is 1.96. The highest BCUT2D eigenvalue weighted by Gasteiger charge is 2.65. The van der Waals surface area contributed by atoms with Gasteiger partial charge in [-0.25, -0.2) is 14.0 Å². The molecule has 0 bridgehead atoms. The molecule has 136 valence electrons. The van der Waals surface area contributed by atoms with Gasteiger partial charge < -0.3 is 24.7 Å². The van der Waals surface area contributed by atoms with E-state index < -0.39 is 54.6 Å². The van der Waals surface area contributed by atoms with Crippen LogP contribution in [0.25, 0.3) is 0 Å². The Morgan fingerprint density at radius 3 is 2.92 bits per heavy atom. The highest BCUT2D eigenvalue weighted by molar-refractivity contribution is 5.71. The van der Waals surface area contributed by atoms with E-state index in [2.05, 4.69) is 4.98 Å². The lowest BCUT2D eigenvalue weighted by atomic mass is 10.1. The van der Waals surface area contributed by atoms with Crippen LogP contribution in [0.15, 0.2) is 17.1 Å². The standard InChI is InChI=1S/C14H16FN3O7/c1-6(2)11(19)22-5-14(15)9-8(23-13(21)24-9)10(25-14)18-4-3-7(16)17-12(18)20/h3-4,6,8-10H,5H2,1-2H3,(H2,16,17,20)/t8-,9+,10-,14-/m1/s1/i10D. The van der Waals surface area contributed by atoms with E-state index in [9.17, 15) is 14.4 Å². The molecule has 1 aromatic heterocycles. The van der Waals surface area contributed by atoms with Gasteiger partial charge in [-0.3, -0.25) is 9.36 Å². The number of carbonyl (C=O) groups is 2. The average Bonchev–Trinajstić information content (AvgIpc) is 3.03. The Morgan fingerprint density at radius 1 is 1.56 bits per heavy atom. The molecule has 2 fully saturated rings. The Morgan fingerprint density at radius 2 is 2.28 bits per heavy atom. The van der Waals surface area contributed by atoms with Gasteiger partial charge in [0.1, 0.15) is 5.82 Å². The molecule has 2 N–H and O–H groups in total. The van der Waals surface area contributed by atoms with Crippen LogP contribution in [-0.4, -0.2) is 46.3 Å². The van der Waals surface area contributed by atoms with Gasteiger partial charge in [-0.1, -0.05) is 13.8 Å². The summed E-state index contributed by atoms with van der Waals surface area (Å²) in [4.78, 5) is 38.6. The van der Waals surface area contributed by atoms with Gasteiger partial charge in [-0.15, -0.1) is 0 Å². The predicted molar refractivity (Wildman–Crippen MR) is 77.8 cm³/mol. The summed E-state index contributed by atoms with van der Waals surface area (Å²) in [5.74, 6) is -4.28. The molecule has 0 aromatic carbocycles. The number of halogens is 1. The molecule has 0 saturated carbocycles. The van der Waals surface area contributed by atoms with Crippen molar-refractivity contribution in [3.05, 3.63) is 22.7 Å². The molecule has 2 saturated heterocycles. The molecule has 0 radical (unpaired) electrons. The maximum Gasteiger partial charge on any atom is 0.509 e. The first-order chi connectivity index (χ1) is 12.1. The van der Waals surface area contributed by atoms with Crippen molar-refractivity contribution in [3.8, 4) is 0 Å². The molecule has 3 rings (SSSR count). The van der Waals surface area contributed by atoms with Crippen molar-refractivity contribution in [1.29, 1.82) is 0 Å². The molecule has 10 nitrogen and oxygen atoms in total. The van der Waals surface area contributed by atoms with Crippen LogP contribution < -0.4 is 11.4 Å². The highest BCUT2D eigenvalue weighted by Crippen LogP contribution is 2.44. The van der Waals surface area contributed by atoms with Crippen LogP contribution in [0.5, 0.6) is 0 Å². The van der Waals surface area contributed by atoms with Crippen LogP contribution in [0.4, 0.5) is 15.0 Å². The fourth-order valence-electron chi connectivity index (χ4n) is 2.36. The van der Waals surface area contributed by atoms with Crippen molar-refractivity contribution in [2.45, 2.75) is 38.1 Å². The zero-order valence-corrected chi connectivity index (χ0v) is 13.3. The summed E-state index contributed by atoms with van der Waals surface area (Å²) in [5, 5.41) is 0. The normalized spacial score (nSPS) is 34.2. The number of nitrogen functional groups attached to an aromatic ring is 1. The fraction of sp³-hybridized carbons (Fsp3) is 0.571. The van der Waals surface area contributed by atoms with Gasteiger partial charge in [0.2, 0.25) is 6.10 Å². The number of hydrogen-bond acceptors (Lipinski definition) is 9. The summed E-state index contributed by atoms with van der Waals surface area (Å²) < 4.78 is 43.8. The maximum absolute atomic E-state index is 15.3. The molecule has 0 amide bonds. The van der Waals surface area contributed by atoms with E-state index in [1.807, 2.05) is 0 Å². The first-order valence-electron chi connectivity index (χ1n) is 7.85. The van der Waals surface area contributed by atoms with Gasteiger partial charge in [0.25, 0.3) is 5.85 Å². The number of nitrogens with zero attached hydrogens (tertiary/aromatic N) is 2. The second-order valence-corrected chi connectivity index (χ2v) is 5.82. The first kappa shape index (κ1) is 15.8. The van der Waals surface area contributed by atoms with Crippen molar-refractivity contribution in [2.75, 3.05) is 12.3 Å². The van der Waals surface area contributed by atoms with E-state index in [4.69, 9.17) is 26.1 Å². The molecule has 0 aliphatic carbocycles. The summed E-state index contributed by atoms with van der Waals surface area (Å²) in [6.07, 6.45) is -6.09. The maximum atomic E-state index is 15.3. The number of esters is 1. The number of hydrogen-bond donors (Lipinski definition) is 1. The quantitative estimate of drug-likeness (QED) is 0.745. The minimum Gasteiger partial charge on any atom is -0.459 e. The Labute approximate surface area is 142 Å². The monoisotopic (exact) mass is 358 g/mol. The molecule has 0 unspecified atom stereocenters. The summed E-state index contributed by atoms with van der Waals surface area (Å²) >= 11 is 0. The number of ether oxygens (including phenoxy) is 4. The number of anilines is 1. The molecule has 0 spiro atoms. The van der Waals surface area contributed by atoms with Crippen molar-refractivity contribution >= 4 is 17.9 Å². The third-order valence-electron chi connectivity index (χ3n) is 3.61.